The van der Waals surface area contributed by atoms with E-state index in [1.54, 1.807) is 12.1 Å². The number of rotatable bonds is 3. The molecule has 2 aromatic carbocycles. The van der Waals surface area contributed by atoms with E-state index in [2.05, 4.69) is 0 Å². The maximum absolute atomic E-state index is 12.5. The Morgan fingerprint density at radius 3 is 1.90 bits per heavy atom. The van der Waals surface area contributed by atoms with Crippen LogP contribution in [0.5, 0.6) is 17.2 Å². The highest BCUT2D eigenvalue weighted by Crippen LogP contribution is 2.29. The van der Waals surface area contributed by atoms with Crippen LogP contribution in [0.1, 0.15) is 10.4 Å². The third-order valence-electron chi connectivity index (χ3n) is 4.15. The number of ether oxygens (including phenoxy) is 6. The zero-order valence-corrected chi connectivity index (χ0v) is 16.8. The number of carbonyl (C=O) groups is 1. The molecule has 0 aliphatic carbocycles. The molecule has 1 aliphatic heterocycles. The minimum absolute atomic E-state index is 0.0925. The standard InChI is InChI=1S/C21H23NO9/c23-21(31-18-4-2-17(3-5-18)22(24)25)16-1-6-19-20(15-16)30-14-12-28-10-8-26-7-9-27-11-13-29-19/h1-6,15H,7-14H2. The second-order valence-electron chi connectivity index (χ2n) is 6.34. The maximum atomic E-state index is 12.5. The van der Waals surface area contributed by atoms with E-state index in [1.807, 2.05) is 0 Å². The maximum Gasteiger partial charge on any atom is 0.343 e. The fraction of sp³-hybridized carbons (Fsp3) is 0.381. The van der Waals surface area contributed by atoms with Gasteiger partial charge in [0.2, 0.25) is 0 Å². The molecular weight excluding hydrogens is 410 g/mol. The van der Waals surface area contributed by atoms with Gasteiger partial charge in [-0.05, 0) is 30.3 Å². The van der Waals surface area contributed by atoms with Crippen molar-refractivity contribution >= 4 is 11.7 Å². The zero-order valence-electron chi connectivity index (χ0n) is 16.8. The first-order valence-electron chi connectivity index (χ1n) is 9.73. The summed E-state index contributed by atoms with van der Waals surface area (Å²) in [7, 11) is 0. The van der Waals surface area contributed by atoms with Crippen molar-refractivity contribution in [3.63, 3.8) is 0 Å². The molecule has 0 saturated heterocycles. The Kier molecular flexibility index (Phi) is 8.59. The molecule has 10 nitrogen and oxygen atoms in total. The van der Waals surface area contributed by atoms with Crippen molar-refractivity contribution in [1.29, 1.82) is 0 Å². The van der Waals surface area contributed by atoms with Crippen LogP contribution >= 0.6 is 0 Å². The van der Waals surface area contributed by atoms with Gasteiger partial charge in [0, 0.05) is 12.1 Å². The number of nitro groups is 1. The first-order valence-corrected chi connectivity index (χ1v) is 9.73. The lowest BCUT2D eigenvalue weighted by molar-refractivity contribution is -0.384. The van der Waals surface area contributed by atoms with E-state index in [0.29, 0.717) is 57.7 Å². The molecule has 0 N–H and O–H groups in total. The summed E-state index contributed by atoms with van der Waals surface area (Å²) in [5.74, 6) is 0.388. The lowest BCUT2D eigenvalue weighted by atomic mass is 10.2. The topological polar surface area (TPSA) is 116 Å². The summed E-state index contributed by atoms with van der Waals surface area (Å²) in [6.07, 6.45) is 0. The first kappa shape index (κ1) is 22.5. The van der Waals surface area contributed by atoms with Crippen LogP contribution in [0.3, 0.4) is 0 Å². The van der Waals surface area contributed by atoms with Crippen LogP contribution in [0.25, 0.3) is 0 Å². The van der Waals surface area contributed by atoms with E-state index in [9.17, 15) is 14.9 Å². The number of non-ortho nitro benzene ring substituents is 1. The first-order chi connectivity index (χ1) is 15.1. The molecule has 3 rings (SSSR count). The SMILES string of the molecule is O=C(Oc1ccc([N+](=O)[O-])cc1)c1ccc2c(c1)OCCOCCOCCOCCO2. The van der Waals surface area contributed by atoms with Gasteiger partial charge in [-0.15, -0.1) is 0 Å². The Morgan fingerprint density at radius 1 is 0.774 bits per heavy atom. The highest BCUT2D eigenvalue weighted by Gasteiger charge is 2.15. The molecule has 10 heteroatoms. The highest BCUT2D eigenvalue weighted by atomic mass is 16.6. The molecule has 1 heterocycles. The van der Waals surface area contributed by atoms with E-state index in [0.717, 1.165) is 0 Å². The van der Waals surface area contributed by atoms with Crippen LogP contribution in [0.4, 0.5) is 5.69 Å². The predicted octanol–water partition coefficient (Wildman–Crippen LogP) is 2.64. The molecule has 0 unspecified atom stereocenters. The highest BCUT2D eigenvalue weighted by molar-refractivity contribution is 5.91. The molecule has 0 aromatic heterocycles. The summed E-state index contributed by atoms with van der Waals surface area (Å²) in [5, 5.41) is 10.7. The van der Waals surface area contributed by atoms with E-state index >= 15 is 0 Å². The molecule has 0 spiro atoms. The number of nitro benzene ring substituents is 1. The molecule has 166 valence electrons. The molecule has 0 fully saturated rings. The van der Waals surface area contributed by atoms with Gasteiger partial charge >= 0.3 is 5.97 Å². The van der Waals surface area contributed by atoms with Crippen LogP contribution in [-0.4, -0.2) is 63.7 Å². The van der Waals surface area contributed by atoms with Crippen molar-refractivity contribution in [2.75, 3.05) is 52.9 Å². The number of esters is 1. The third kappa shape index (κ3) is 7.21. The van der Waals surface area contributed by atoms with Crippen LogP contribution in [0, 0.1) is 10.1 Å². The molecule has 0 saturated carbocycles. The summed E-state index contributed by atoms with van der Waals surface area (Å²) < 4.78 is 33.0. The second-order valence-corrected chi connectivity index (χ2v) is 6.34. The Labute approximate surface area is 178 Å². The summed E-state index contributed by atoms with van der Waals surface area (Å²) in [4.78, 5) is 22.7. The largest absolute Gasteiger partial charge is 0.487 e. The number of fused-ring (bicyclic) bond motifs is 1. The van der Waals surface area contributed by atoms with Crippen LogP contribution in [0.2, 0.25) is 0 Å². The van der Waals surface area contributed by atoms with Crippen molar-refractivity contribution in [2.45, 2.75) is 0 Å². The number of nitrogens with zero attached hydrogens (tertiary/aromatic N) is 1. The van der Waals surface area contributed by atoms with Gasteiger partial charge < -0.3 is 28.4 Å². The minimum Gasteiger partial charge on any atom is -0.487 e. The number of hydrogen-bond donors (Lipinski definition) is 0. The fourth-order valence-electron chi connectivity index (χ4n) is 2.63. The number of carbonyl (C=O) groups excluding carboxylic acids is 1. The van der Waals surface area contributed by atoms with E-state index in [-0.39, 0.29) is 23.6 Å². The van der Waals surface area contributed by atoms with E-state index in [4.69, 9.17) is 28.4 Å². The van der Waals surface area contributed by atoms with Crippen molar-refractivity contribution in [3.8, 4) is 17.2 Å². The average molecular weight is 433 g/mol. The molecule has 1 aliphatic rings. The Hall–Kier alpha value is -3.21. The van der Waals surface area contributed by atoms with Crippen molar-refractivity contribution in [1.82, 2.24) is 0 Å². The van der Waals surface area contributed by atoms with Crippen molar-refractivity contribution in [3.05, 3.63) is 58.1 Å². The van der Waals surface area contributed by atoms with Gasteiger partial charge in [0.15, 0.2) is 11.5 Å². The molecule has 0 amide bonds. The van der Waals surface area contributed by atoms with Gasteiger partial charge in [-0.25, -0.2) is 4.79 Å². The van der Waals surface area contributed by atoms with Gasteiger partial charge in [0.25, 0.3) is 5.69 Å². The van der Waals surface area contributed by atoms with Crippen LogP contribution < -0.4 is 14.2 Å². The number of hydrogen-bond acceptors (Lipinski definition) is 9. The fourth-order valence-corrected chi connectivity index (χ4v) is 2.63. The van der Waals surface area contributed by atoms with Crippen molar-refractivity contribution in [2.24, 2.45) is 0 Å². The van der Waals surface area contributed by atoms with Gasteiger partial charge in [0.05, 0.1) is 50.1 Å². The normalized spacial score (nSPS) is 15.9. The monoisotopic (exact) mass is 433 g/mol. The van der Waals surface area contributed by atoms with Gasteiger partial charge in [-0.1, -0.05) is 0 Å². The lowest BCUT2D eigenvalue weighted by Gasteiger charge is -2.14. The molecule has 0 radical (unpaired) electrons. The predicted molar refractivity (Wildman–Crippen MR) is 108 cm³/mol. The van der Waals surface area contributed by atoms with Crippen LogP contribution in [-0.2, 0) is 14.2 Å². The molecule has 31 heavy (non-hydrogen) atoms. The summed E-state index contributed by atoms with van der Waals surface area (Å²) >= 11 is 0. The molecule has 0 bridgehead atoms. The Bertz CT molecular complexity index is 870. The summed E-state index contributed by atoms with van der Waals surface area (Å²) in [5.41, 5.74) is 0.148. The number of benzene rings is 2. The summed E-state index contributed by atoms with van der Waals surface area (Å²) in [6, 6.07) is 9.93. The van der Waals surface area contributed by atoms with Crippen molar-refractivity contribution < 1.29 is 38.1 Å². The average Bonchev–Trinajstić information content (AvgIpc) is 2.78. The van der Waals surface area contributed by atoms with E-state index < -0.39 is 10.9 Å². The van der Waals surface area contributed by atoms with Crippen LogP contribution in [0.15, 0.2) is 42.5 Å². The van der Waals surface area contributed by atoms with Gasteiger partial charge in [0.1, 0.15) is 19.0 Å². The zero-order chi connectivity index (χ0) is 21.9. The lowest BCUT2D eigenvalue weighted by Crippen LogP contribution is -2.13. The van der Waals surface area contributed by atoms with Gasteiger partial charge in [-0.2, -0.15) is 0 Å². The Balaban J connectivity index is 1.68. The van der Waals surface area contributed by atoms with Gasteiger partial charge in [-0.3, -0.25) is 10.1 Å². The molecular formula is C21H23NO9. The molecule has 0 atom stereocenters. The molecule has 2 aromatic rings. The Morgan fingerprint density at radius 2 is 1.32 bits per heavy atom. The summed E-state index contributed by atoms with van der Waals surface area (Å²) in [6.45, 7) is 3.13. The van der Waals surface area contributed by atoms with E-state index in [1.165, 1.54) is 30.3 Å². The smallest absolute Gasteiger partial charge is 0.343 e. The minimum atomic E-state index is -0.632. The quantitative estimate of drug-likeness (QED) is 0.312. The third-order valence-corrected chi connectivity index (χ3v) is 4.15. The second kappa shape index (κ2) is 11.8.